The lowest BCUT2D eigenvalue weighted by molar-refractivity contribution is 0.146. The van der Waals surface area contributed by atoms with E-state index in [9.17, 15) is 8.78 Å². The molecule has 0 saturated heterocycles. The van der Waals surface area contributed by atoms with Crippen LogP contribution in [0.4, 0.5) is 14.5 Å². The highest BCUT2D eigenvalue weighted by molar-refractivity contribution is 9.10. The molecule has 2 nitrogen and oxygen atoms in total. The van der Waals surface area contributed by atoms with Gasteiger partial charge in [-0.15, -0.1) is 0 Å². The molecular formula is C12H11BrF2N2. The summed E-state index contributed by atoms with van der Waals surface area (Å²) in [7, 11) is 1.71. The summed E-state index contributed by atoms with van der Waals surface area (Å²) in [5, 5.41) is 3.81. The largest absolute Gasteiger partial charge is 0.388 e. The van der Waals surface area contributed by atoms with Gasteiger partial charge in [0.25, 0.3) is 6.43 Å². The van der Waals surface area contributed by atoms with Gasteiger partial charge in [-0.1, -0.05) is 6.07 Å². The number of hydrogen-bond acceptors (Lipinski definition) is 2. The average molecular weight is 301 g/mol. The molecule has 0 aliphatic heterocycles. The van der Waals surface area contributed by atoms with Gasteiger partial charge in [-0.2, -0.15) is 0 Å². The highest BCUT2D eigenvalue weighted by Gasteiger charge is 2.15. The van der Waals surface area contributed by atoms with Gasteiger partial charge in [0.2, 0.25) is 0 Å². The molecule has 0 fully saturated rings. The quantitative estimate of drug-likeness (QED) is 0.895. The van der Waals surface area contributed by atoms with Crippen LogP contribution in [0.5, 0.6) is 0 Å². The predicted molar refractivity (Wildman–Crippen MR) is 68.7 cm³/mol. The van der Waals surface area contributed by atoms with Crippen molar-refractivity contribution in [3.63, 3.8) is 0 Å². The Morgan fingerprint density at radius 3 is 2.65 bits per heavy atom. The molecule has 0 atom stereocenters. The summed E-state index contributed by atoms with van der Waals surface area (Å²) in [4.78, 5) is 4.01. The van der Waals surface area contributed by atoms with Crippen LogP contribution in [0.25, 0.3) is 10.9 Å². The number of nitrogens with zero attached hydrogens (tertiary/aromatic N) is 1. The van der Waals surface area contributed by atoms with Gasteiger partial charge >= 0.3 is 0 Å². The van der Waals surface area contributed by atoms with Crippen molar-refractivity contribution in [1.82, 2.24) is 4.98 Å². The molecule has 1 aromatic heterocycles. The van der Waals surface area contributed by atoms with Crippen LogP contribution in [0.3, 0.4) is 0 Å². The Morgan fingerprint density at radius 2 is 2.06 bits per heavy atom. The van der Waals surface area contributed by atoms with Crippen LogP contribution in [0.15, 0.2) is 22.7 Å². The summed E-state index contributed by atoms with van der Waals surface area (Å²) in [5.74, 6) is 0. The topological polar surface area (TPSA) is 24.9 Å². The zero-order valence-corrected chi connectivity index (χ0v) is 11.0. The van der Waals surface area contributed by atoms with Crippen LogP contribution in [0, 0.1) is 6.92 Å². The Labute approximate surface area is 106 Å². The van der Waals surface area contributed by atoms with E-state index in [1.807, 2.05) is 19.1 Å². The Morgan fingerprint density at radius 1 is 1.35 bits per heavy atom. The first-order valence-corrected chi connectivity index (χ1v) is 5.89. The Kier molecular flexibility index (Phi) is 3.28. The average Bonchev–Trinajstić information content (AvgIpc) is 2.32. The third kappa shape index (κ3) is 2.11. The summed E-state index contributed by atoms with van der Waals surface area (Å²) in [6, 6.07) is 5.14. The number of anilines is 1. The van der Waals surface area contributed by atoms with Gasteiger partial charge in [0, 0.05) is 22.6 Å². The molecule has 0 spiro atoms. The minimum atomic E-state index is -2.57. The molecule has 0 amide bonds. The first kappa shape index (κ1) is 12.2. The van der Waals surface area contributed by atoms with Crippen molar-refractivity contribution in [2.45, 2.75) is 13.3 Å². The summed E-state index contributed by atoms with van der Waals surface area (Å²) >= 11 is 3.34. The summed E-state index contributed by atoms with van der Waals surface area (Å²) in [5.41, 5.74) is 2.02. The smallest absolute Gasteiger partial charge is 0.280 e. The zero-order chi connectivity index (χ0) is 12.6. The normalized spacial score (nSPS) is 11.2. The lowest BCUT2D eigenvalue weighted by Gasteiger charge is -2.12. The highest BCUT2D eigenvalue weighted by atomic mass is 79.9. The molecule has 2 aromatic rings. The Bertz CT molecular complexity index is 570. The van der Waals surface area contributed by atoms with Gasteiger partial charge in [-0.05, 0) is 40.5 Å². The van der Waals surface area contributed by atoms with Crippen molar-refractivity contribution in [1.29, 1.82) is 0 Å². The number of rotatable bonds is 2. The monoisotopic (exact) mass is 300 g/mol. The van der Waals surface area contributed by atoms with Gasteiger partial charge in [-0.3, -0.25) is 0 Å². The minimum Gasteiger partial charge on any atom is -0.388 e. The summed E-state index contributed by atoms with van der Waals surface area (Å²) in [6.07, 6.45) is -2.57. The van der Waals surface area contributed by atoms with Gasteiger partial charge in [0.1, 0.15) is 5.69 Å². The van der Waals surface area contributed by atoms with Gasteiger partial charge < -0.3 is 5.32 Å². The van der Waals surface area contributed by atoms with E-state index in [1.54, 1.807) is 7.05 Å². The maximum Gasteiger partial charge on any atom is 0.280 e. The number of pyridine rings is 1. The number of nitrogens with one attached hydrogen (secondary N) is 1. The molecule has 5 heteroatoms. The van der Waals surface area contributed by atoms with Crippen molar-refractivity contribution in [3.05, 3.63) is 33.9 Å². The van der Waals surface area contributed by atoms with Crippen LogP contribution >= 0.6 is 15.9 Å². The summed E-state index contributed by atoms with van der Waals surface area (Å²) in [6.45, 7) is 1.93. The Balaban J connectivity index is 2.87. The fraction of sp³-hybridized carbons (Fsp3) is 0.250. The molecule has 0 bridgehead atoms. The van der Waals surface area contributed by atoms with Gasteiger partial charge in [0.05, 0.1) is 5.52 Å². The molecule has 1 N–H and O–H groups in total. The molecule has 0 aliphatic rings. The SMILES string of the molecule is CNc1cc(C(F)F)nc2c(Br)ccc(C)c12. The van der Waals surface area contributed by atoms with E-state index in [-0.39, 0.29) is 5.69 Å². The summed E-state index contributed by atoms with van der Waals surface area (Å²) < 4.78 is 26.2. The van der Waals surface area contributed by atoms with Gasteiger partial charge in [0.15, 0.2) is 0 Å². The molecule has 17 heavy (non-hydrogen) atoms. The van der Waals surface area contributed by atoms with Crippen molar-refractivity contribution >= 4 is 32.5 Å². The third-order valence-electron chi connectivity index (χ3n) is 2.63. The molecule has 0 saturated carbocycles. The first-order valence-electron chi connectivity index (χ1n) is 5.10. The van der Waals surface area contributed by atoms with Crippen molar-refractivity contribution in [2.75, 3.05) is 12.4 Å². The van der Waals surface area contributed by atoms with E-state index in [0.717, 1.165) is 15.4 Å². The molecule has 0 radical (unpaired) electrons. The van der Waals surface area contributed by atoms with E-state index < -0.39 is 6.43 Å². The molecule has 1 aromatic carbocycles. The number of benzene rings is 1. The fourth-order valence-corrected chi connectivity index (χ4v) is 2.23. The second-order valence-electron chi connectivity index (χ2n) is 3.73. The van der Waals surface area contributed by atoms with Crippen LogP contribution < -0.4 is 5.32 Å². The maximum absolute atomic E-state index is 12.7. The number of aryl methyl sites for hydroxylation is 1. The number of fused-ring (bicyclic) bond motifs is 1. The second kappa shape index (κ2) is 4.56. The first-order chi connectivity index (χ1) is 8.04. The lowest BCUT2D eigenvalue weighted by atomic mass is 10.1. The predicted octanol–water partition coefficient (Wildman–Crippen LogP) is 4.29. The molecule has 90 valence electrons. The third-order valence-corrected chi connectivity index (χ3v) is 3.27. The fourth-order valence-electron chi connectivity index (χ4n) is 1.81. The minimum absolute atomic E-state index is 0.215. The number of aromatic nitrogens is 1. The van der Waals surface area contributed by atoms with E-state index in [0.29, 0.717) is 11.2 Å². The molecule has 0 unspecified atom stereocenters. The molecule has 0 aliphatic carbocycles. The maximum atomic E-state index is 12.7. The Hall–Kier alpha value is -1.23. The van der Waals surface area contributed by atoms with Crippen LogP contribution in [-0.2, 0) is 0 Å². The number of hydrogen-bond donors (Lipinski definition) is 1. The van der Waals surface area contributed by atoms with Crippen LogP contribution in [0.1, 0.15) is 17.7 Å². The van der Waals surface area contributed by atoms with Gasteiger partial charge in [-0.25, -0.2) is 13.8 Å². The van der Waals surface area contributed by atoms with E-state index in [4.69, 9.17) is 0 Å². The van der Waals surface area contributed by atoms with E-state index in [2.05, 4.69) is 26.2 Å². The lowest BCUT2D eigenvalue weighted by Crippen LogP contribution is -1.98. The molecule has 2 rings (SSSR count). The van der Waals surface area contributed by atoms with Crippen molar-refractivity contribution in [2.24, 2.45) is 0 Å². The molecule has 1 heterocycles. The highest BCUT2D eigenvalue weighted by Crippen LogP contribution is 2.33. The number of alkyl halides is 2. The van der Waals surface area contributed by atoms with Crippen LogP contribution in [0.2, 0.25) is 0 Å². The van der Waals surface area contributed by atoms with Crippen molar-refractivity contribution < 1.29 is 8.78 Å². The van der Waals surface area contributed by atoms with E-state index in [1.165, 1.54) is 6.07 Å². The van der Waals surface area contributed by atoms with E-state index >= 15 is 0 Å². The second-order valence-corrected chi connectivity index (χ2v) is 4.59. The number of halogens is 3. The standard InChI is InChI=1S/C12H11BrF2N2/c1-6-3-4-7(13)11-10(6)8(16-2)5-9(17-11)12(14)15/h3-5,12H,1-2H3,(H,16,17). The zero-order valence-electron chi connectivity index (χ0n) is 9.39. The van der Waals surface area contributed by atoms with Crippen LogP contribution in [-0.4, -0.2) is 12.0 Å². The molecular weight excluding hydrogens is 290 g/mol. The van der Waals surface area contributed by atoms with Crippen molar-refractivity contribution in [3.8, 4) is 0 Å².